The second-order valence-electron chi connectivity index (χ2n) is 0. The summed E-state index contributed by atoms with van der Waals surface area (Å²) in [6.07, 6.45) is 0. The van der Waals surface area contributed by atoms with Gasteiger partial charge < -0.3 is 0 Å². The van der Waals surface area contributed by atoms with E-state index in [4.69, 9.17) is 0 Å². The predicted molar refractivity (Wildman–Crippen MR) is 19.9 cm³/mol. The van der Waals surface area contributed by atoms with E-state index in [-0.39, 0.29) is 64.9 Å². The number of hydrogen-bond acceptors (Lipinski definition) is 0. The van der Waals surface area contributed by atoms with Gasteiger partial charge in [-0.05, 0) is 11.0 Å². The Morgan fingerprint density at radius 3 is 1.00 bits per heavy atom. The molecule has 0 rings (SSSR count). The molecule has 0 heterocycles. The van der Waals surface area contributed by atoms with Gasteiger partial charge in [0.15, 0.2) is 17.4 Å². The molecule has 0 nitrogen and oxygen atoms in total. The van der Waals surface area contributed by atoms with Gasteiger partial charge in [0.1, 0.15) is 0 Å². The first-order chi connectivity index (χ1) is 0. The molecule has 0 atom stereocenters. The van der Waals surface area contributed by atoms with Crippen molar-refractivity contribution in [3.63, 3.8) is 0 Å². The van der Waals surface area contributed by atoms with Crippen molar-refractivity contribution in [2.24, 2.45) is 0 Å². The van der Waals surface area contributed by atoms with Crippen LogP contribution >= 0.6 is 0 Å². The minimum Gasteiger partial charge on any atom is -0.0125 e. The van der Waals surface area contributed by atoms with Crippen LogP contribution in [0.1, 0.15) is 0 Å². The summed E-state index contributed by atoms with van der Waals surface area (Å²) in [5.41, 5.74) is 0. The van der Waals surface area contributed by atoms with Crippen LogP contribution in [0.25, 0.3) is 0 Å². The van der Waals surface area contributed by atoms with Crippen LogP contribution in [0.3, 0.4) is 0 Å². The summed E-state index contributed by atoms with van der Waals surface area (Å²) in [6.45, 7) is 0. The Hall–Kier alpha value is 1.89. The normalized spacial score (nSPS) is 0. The molecule has 0 fully saturated rings. The van der Waals surface area contributed by atoms with Gasteiger partial charge in [-0.2, -0.15) is 0 Å². The summed E-state index contributed by atoms with van der Waals surface area (Å²) < 4.78 is 0. The summed E-state index contributed by atoms with van der Waals surface area (Å²) in [7, 11) is 0. The molecule has 0 aromatic heterocycles. The molecule has 0 bridgehead atoms. The molecule has 0 N–H and O–H groups in total. The summed E-state index contributed by atoms with van der Waals surface area (Å²) in [4.78, 5) is 0. The maximum atomic E-state index is 0. The van der Waals surface area contributed by atoms with E-state index in [9.17, 15) is 0 Å². The Kier molecular flexibility index (Phi) is 204. The van der Waals surface area contributed by atoms with Crippen LogP contribution in [0, 0.1) is 0 Å². The quantitative estimate of drug-likeness (QED) is 0.367. The number of hydrogen-bond donors (Lipinski definition) is 0. The SMILES string of the molecule is [AlH3].[Mn].[SiH3].[Zn]. The molecule has 0 aliphatic rings. The minimum absolute atomic E-state index is 0. The monoisotopic (exact) mass is 180 g/mol. The third-order valence-corrected chi connectivity index (χ3v) is 0. The standard InChI is InChI=1S/Al.Mn.H3Si.Zn.3H/h;;1H3;;;;. The Balaban J connectivity index is 0. The maximum absolute atomic E-state index is 0. The summed E-state index contributed by atoms with van der Waals surface area (Å²) in [6, 6.07) is 0. The van der Waals surface area contributed by atoms with Gasteiger partial charge in [-0.15, -0.1) is 0 Å². The second-order valence-corrected chi connectivity index (χ2v) is 0. The molecule has 4 heavy (non-hydrogen) atoms. The van der Waals surface area contributed by atoms with Crippen LogP contribution in [0.4, 0.5) is 0 Å². The molecule has 0 aromatic rings. The first-order valence-corrected chi connectivity index (χ1v) is 0. The van der Waals surface area contributed by atoms with E-state index in [0.29, 0.717) is 0 Å². The summed E-state index contributed by atoms with van der Waals surface area (Å²) in [5.74, 6) is 0. The van der Waals surface area contributed by atoms with Crippen molar-refractivity contribution in [1.29, 1.82) is 0 Å². The topological polar surface area (TPSA) is 0 Å². The van der Waals surface area contributed by atoms with E-state index in [1.165, 1.54) is 0 Å². The molecule has 0 unspecified atom stereocenters. The van der Waals surface area contributed by atoms with E-state index in [2.05, 4.69) is 0 Å². The molecule has 0 aromatic carbocycles. The molecule has 0 saturated heterocycles. The molecular formula is H6AlMnSiZn. The number of rotatable bonds is 0. The van der Waals surface area contributed by atoms with Crippen LogP contribution in [0.2, 0.25) is 0 Å². The zero-order valence-electron chi connectivity index (χ0n) is 2.09. The van der Waals surface area contributed by atoms with Gasteiger partial charge in [0.05, 0.1) is 0 Å². The summed E-state index contributed by atoms with van der Waals surface area (Å²) in [5, 5.41) is 0. The van der Waals surface area contributed by atoms with Gasteiger partial charge in [-0.1, -0.05) is 0 Å². The van der Waals surface area contributed by atoms with E-state index >= 15 is 0 Å². The van der Waals surface area contributed by atoms with Crippen LogP contribution in [-0.4, -0.2) is 28.3 Å². The van der Waals surface area contributed by atoms with E-state index < -0.39 is 0 Å². The van der Waals surface area contributed by atoms with Crippen molar-refractivity contribution in [3.05, 3.63) is 0 Å². The van der Waals surface area contributed by atoms with Gasteiger partial charge >= 0.3 is 0 Å². The van der Waals surface area contributed by atoms with Crippen LogP contribution in [0.5, 0.6) is 0 Å². The third-order valence-electron chi connectivity index (χ3n) is 0. The third kappa shape index (κ3) is 9.09. The van der Waals surface area contributed by atoms with Gasteiger partial charge in [0.25, 0.3) is 0 Å². The zero-order valence-corrected chi connectivity index (χ0v) is 8.23. The van der Waals surface area contributed by atoms with Crippen molar-refractivity contribution in [2.45, 2.75) is 0 Å². The predicted octanol–water partition coefficient (Wildman–Crippen LogP) is -2.37. The van der Waals surface area contributed by atoms with E-state index in [1.54, 1.807) is 0 Å². The van der Waals surface area contributed by atoms with Crippen molar-refractivity contribution in [2.75, 3.05) is 0 Å². The van der Waals surface area contributed by atoms with Gasteiger partial charge in [-0.25, -0.2) is 0 Å². The van der Waals surface area contributed by atoms with E-state index in [0.717, 1.165) is 0 Å². The first kappa shape index (κ1) is 39.4. The average Bonchev–Trinajstić information content (AvgIpc) is 0. The fraction of sp³-hybridized carbons (Fsp3) is 0. The first-order valence-electron chi connectivity index (χ1n) is 0. The molecule has 0 spiro atoms. The molecular weight excluding hydrogens is 175 g/mol. The minimum atomic E-state index is 0. The fourth-order valence-electron chi connectivity index (χ4n) is 0. The average molecular weight is 181 g/mol. The second kappa shape index (κ2) is 20.7. The van der Waals surface area contributed by atoms with Gasteiger partial charge in [-0.3, -0.25) is 0 Å². The summed E-state index contributed by atoms with van der Waals surface area (Å²) >= 11 is 0. The molecule has 22 valence electrons. The van der Waals surface area contributed by atoms with Crippen LogP contribution < -0.4 is 0 Å². The Bertz CT molecular complexity index is 8.00. The van der Waals surface area contributed by atoms with Gasteiger partial charge in [0, 0.05) is 36.5 Å². The van der Waals surface area contributed by atoms with Crippen LogP contribution in [0.15, 0.2) is 0 Å². The Labute approximate surface area is 64.5 Å². The molecule has 0 saturated carbocycles. The smallest absolute Gasteiger partial charge is 0.0125 e. The molecule has 2 radical (unpaired) electrons. The molecule has 0 aliphatic heterocycles. The van der Waals surface area contributed by atoms with Crippen LogP contribution in [-0.2, 0) is 36.5 Å². The van der Waals surface area contributed by atoms with Crippen molar-refractivity contribution >= 4 is 28.3 Å². The van der Waals surface area contributed by atoms with Crippen molar-refractivity contribution < 1.29 is 36.5 Å². The fourth-order valence-corrected chi connectivity index (χ4v) is 0. The zero-order chi connectivity index (χ0) is 0. The largest absolute Gasteiger partial charge is 0.187 e. The molecule has 4 heteroatoms. The van der Waals surface area contributed by atoms with Crippen molar-refractivity contribution in [3.8, 4) is 0 Å². The molecule has 0 amide bonds. The van der Waals surface area contributed by atoms with E-state index in [1.807, 2.05) is 0 Å². The Morgan fingerprint density at radius 2 is 1.00 bits per heavy atom. The maximum Gasteiger partial charge on any atom is 0.187 e. The van der Waals surface area contributed by atoms with Gasteiger partial charge in [0.2, 0.25) is 0 Å². The molecule has 0 aliphatic carbocycles. The van der Waals surface area contributed by atoms with Crippen molar-refractivity contribution in [1.82, 2.24) is 0 Å². The Morgan fingerprint density at radius 1 is 1.00 bits per heavy atom.